The molecule has 0 saturated carbocycles. The molecule has 0 spiro atoms. The molecule has 0 atom stereocenters. The SMILES string of the molecule is COc1ccc(-c2nnc(C)o2)cc1NC(=O)c1ccc(N(C)C)nc1. The Bertz CT molecular complexity index is 919. The van der Waals surface area contributed by atoms with Gasteiger partial charge >= 0.3 is 0 Å². The summed E-state index contributed by atoms with van der Waals surface area (Å²) >= 11 is 0. The molecule has 2 heterocycles. The van der Waals surface area contributed by atoms with Gasteiger partial charge in [0.25, 0.3) is 5.91 Å². The number of hydrogen-bond acceptors (Lipinski definition) is 7. The maximum atomic E-state index is 12.5. The van der Waals surface area contributed by atoms with E-state index < -0.39 is 0 Å². The number of rotatable bonds is 5. The van der Waals surface area contributed by atoms with E-state index in [-0.39, 0.29) is 5.91 Å². The van der Waals surface area contributed by atoms with Crippen LogP contribution in [0.15, 0.2) is 40.9 Å². The first kappa shape index (κ1) is 17.4. The maximum absolute atomic E-state index is 12.5. The highest BCUT2D eigenvalue weighted by Crippen LogP contribution is 2.30. The fourth-order valence-corrected chi connectivity index (χ4v) is 2.33. The fourth-order valence-electron chi connectivity index (χ4n) is 2.33. The molecule has 0 aliphatic heterocycles. The van der Waals surface area contributed by atoms with Gasteiger partial charge in [0.2, 0.25) is 11.8 Å². The molecule has 0 unspecified atom stereocenters. The lowest BCUT2D eigenvalue weighted by atomic mass is 10.1. The minimum absolute atomic E-state index is 0.292. The Kier molecular flexibility index (Phi) is 4.83. The number of amides is 1. The van der Waals surface area contributed by atoms with Crippen molar-refractivity contribution >= 4 is 17.4 Å². The van der Waals surface area contributed by atoms with Crippen molar-refractivity contribution in [3.8, 4) is 17.2 Å². The zero-order chi connectivity index (χ0) is 18.7. The Morgan fingerprint density at radius 2 is 2.00 bits per heavy atom. The Morgan fingerprint density at radius 3 is 2.58 bits per heavy atom. The minimum Gasteiger partial charge on any atom is -0.495 e. The number of carbonyl (C=O) groups is 1. The van der Waals surface area contributed by atoms with Crippen LogP contribution >= 0.6 is 0 Å². The molecule has 1 aromatic carbocycles. The summed E-state index contributed by atoms with van der Waals surface area (Å²) in [6.45, 7) is 1.72. The Balaban J connectivity index is 1.86. The Morgan fingerprint density at radius 1 is 1.19 bits per heavy atom. The van der Waals surface area contributed by atoms with Crippen molar-refractivity contribution in [3.63, 3.8) is 0 Å². The molecule has 3 aromatic rings. The van der Waals surface area contributed by atoms with Crippen molar-refractivity contribution in [2.45, 2.75) is 6.92 Å². The van der Waals surface area contributed by atoms with E-state index in [0.717, 1.165) is 5.82 Å². The van der Waals surface area contributed by atoms with Gasteiger partial charge in [-0.25, -0.2) is 4.98 Å². The quantitative estimate of drug-likeness (QED) is 0.754. The van der Waals surface area contributed by atoms with Crippen molar-refractivity contribution < 1.29 is 13.9 Å². The van der Waals surface area contributed by atoms with Crippen LogP contribution in [0.3, 0.4) is 0 Å². The highest BCUT2D eigenvalue weighted by atomic mass is 16.5. The van der Waals surface area contributed by atoms with Gasteiger partial charge in [0.15, 0.2) is 0 Å². The van der Waals surface area contributed by atoms with E-state index in [0.29, 0.717) is 34.3 Å². The summed E-state index contributed by atoms with van der Waals surface area (Å²) in [6.07, 6.45) is 1.53. The van der Waals surface area contributed by atoms with Crippen LogP contribution in [0.25, 0.3) is 11.5 Å². The van der Waals surface area contributed by atoms with E-state index >= 15 is 0 Å². The smallest absolute Gasteiger partial charge is 0.257 e. The molecule has 8 nitrogen and oxygen atoms in total. The van der Waals surface area contributed by atoms with E-state index in [1.165, 1.54) is 13.3 Å². The monoisotopic (exact) mass is 353 g/mol. The molecule has 0 radical (unpaired) electrons. The molecular weight excluding hydrogens is 334 g/mol. The number of nitrogens with zero attached hydrogens (tertiary/aromatic N) is 4. The molecule has 1 amide bonds. The predicted octanol–water partition coefficient (Wildman–Crippen LogP) is 2.77. The third kappa shape index (κ3) is 3.64. The Labute approximate surface area is 150 Å². The average molecular weight is 353 g/mol. The number of nitrogens with one attached hydrogen (secondary N) is 1. The van der Waals surface area contributed by atoms with Crippen LogP contribution in [-0.2, 0) is 0 Å². The van der Waals surface area contributed by atoms with E-state index in [1.54, 1.807) is 37.3 Å². The van der Waals surface area contributed by atoms with Crippen LogP contribution in [0.4, 0.5) is 11.5 Å². The molecule has 0 saturated heterocycles. The van der Waals surface area contributed by atoms with Crippen molar-refractivity contribution in [2.75, 3.05) is 31.4 Å². The first-order chi connectivity index (χ1) is 12.5. The maximum Gasteiger partial charge on any atom is 0.257 e. The zero-order valence-electron chi connectivity index (χ0n) is 15.0. The minimum atomic E-state index is -0.292. The van der Waals surface area contributed by atoms with Crippen molar-refractivity contribution in [1.82, 2.24) is 15.2 Å². The lowest BCUT2D eigenvalue weighted by Gasteiger charge is -2.13. The molecule has 0 aliphatic carbocycles. The van der Waals surface area contributed by atoms with Crippen molar-refractivity contribution in [3.05, 3.63) is 48.0 Å². The normalized spacial score (nSPS) is 10.5. The van der Waals surface area contributed by atoms with Crippen molar-refractivity contribution in [1.29, 1.82) is 0 Å². The number of anilines is 2. The van der Waals surface area contributed by atoms with Gasteiger partial charge in [-0.15, -0.1) is 10.2 Å². The van der Waals surface area contributed by atoms with Gasteiger partial charge in [0.1, 0.15) is 11.6 Å². The van der Waals surface area contributed by atoms with Crippen LogP contribution in [0.2, 0.25) is 0 Å². The van der Waals surface area contributed by atoms with Gasteiger partial charge in [-0.05, 0) is 30.3 Å². The van der Waals surface area contributed by atoms with Crippen LogP contribution in [0.5, 0.6) is 5.75 Å². The molecule has 3 rings (SSSR count). The number of ether oxygens (including phenoxy) is 1. The zero-order valence-corrected chi connectivity index (χ0v) is 15.0. The molecule has 26 heavy (non-hydrogen) atoms. The summed E-state index contributed by atoms with van der Waals surface area (Å²) in [5.74, 6) is 1.84. The number of hydrogen-bond donors (Lipinski definition) is 1. The molecule has 0 aliphatic rings. The standard InChI is InChI=1S/C18H19N5O3/c1-11-21-22-18(26-11)12-5-7-15(25-4)14(9-12)20-17(24)13-6-8-16(19-10-13)23(2)3/h5-10H,1-4H3,(H,20,24). The van der Waals surface area contributed by atoms with E-state index in [9.17, 15) is 4.79 Å². The van der Waals surface area contributed by atoms with E-state index in [1.807, 2.05) is 19.0 Å². The fraction of sp³-hybridized carbons (Fsp3) is 0.222. The van der Waals surface area contributed by atoms with Gasteiger partial charge in [-0.1, -0.05) is 0 Å². The number of methoxy groups -OCH3 is 1. The highest BCUT2D eigenvalue weighted by Gasteiger charge is 2.14. The molecular formula is C18H19N5O3. The van der Waals surface area contributed by atoms with Gasteiger partial charge in [0, 0.05) is 32.8 Å². The number of aromatic nitrogens is 3. The van der Waals surface area contributed by atoms with Crippen molar-refractivity contribution in [2.24, 2.45) is 0 Å². The van der Waals surface area contributed by atoms with Crippen LogP contribution in [0.1, 0.15) is 16.2 Å². The summed E-state index contributed by atoms with van der Waals surface area (Å²) < 4.78 is 10.8. The lowest BCUT2D eigenvalue weighted by molar-refractivity contribution is 0.102. The first-order valence-electron chi connectivity index (χ1n) is 7.91. The highest BCUT2D eigenvalue weighted by molar-refractivity contribution is 6.05. The Hall–Kier alpha value is -3.42. The van der Waals surface area contributed by atoms with Gasteiger partial charge < -0.3 is 19.4 Å². The van der Waals surface area contributed by atoms with Gasteiger partial charge in [-0.2, -0.15) is 0 Å². The van der Waals surface area contributed by atoms with Gasteiger partial charge in [0.05, 0.1) is 18.4 Å². The molecule has 0 fully saturated rings. The summed E-state index contributed by atoms with van der Waals surface area (Å²) in [4.78, 5) is 18.7. The number of aryl methyl sites for hydroxylation is 1. The predicted molar refractivity (Wildman–Crippen MR) is 97.5 cm³/mol. The first-order valence-corrected chi connectivity index (χ1v) is 7.91. The summed E-state index contributed by atoms with van der Waals surface area (Å²) in [7, 11) is 5.31. The molecule has 8 heteroatoms. The molecule has 1 N–H and O–H groups in total. The largest absolute Gasteiger partial charge is 0.495 e. The number of carbonyl (C=O) groups excluding carboxylic acids is 1. The third-order valence-corrected chi connectivity index (χ3v) is 3.69. The van der Waals surface area contributed by atoms with Crippen LogP contribution in [-0.4, -0.2) is 42.3 Å². The number of pyridine rings is 1. The summed E-state index contributed by atoms with van der Waals surface area (Å²) in [6, 6.07) is 8.75. The number of benzene rings is 1. The van der Waals surface area contributed by atoms with E-state index in [4.69, 9.17) is 9.15 Å². The second kappa shape index (κ2) is 7.22. The summed E-state index contributed by atoms with van der Waals surface area (Å²) in [5, 5.41) is 10.6. The van der Waals surface area contributed by atoms with Gasteiger partial charge in [-0.3, -0.25) is 4.79 Å². The second-order valence-corrected chi connectivity index (χ2v) is 5.79. The summed E-state index contributed by atoms with van der Waals surface area (Å²) in [5.41, 5.74) is 1.63. The third-order valence-electron chi connectivity index (χ3n) is 3.69. The lowest BCUT2D eigenvalue weighted by Crippen LogP contribution is -2.15. The average Bonchev–Trinajstić information content (AvgIpc) is 3.08. The second-order valence-electron chi connectivity index (χ2n) is 5.79. The molecule has 2 aromatic heterocycles. The molecule has 0 bridgehead atoms. The van der Waals surface area contributed by atoms with Crippen LogP contribution < -0.4 is 15.0 Å². The van der Waals surface area contributed by atoms with E-state index in [2.05, 4.69) is 20.5 Å². The molecule has 134 valence electrons. The van der Waals surface area contributed by atoms with Crippen LogP contribution in [0, 0.1) is 6.92 Å². The topological polar surface area (TPSA) is 93.4 Å².